The minimum absolute atomic E-state index is 0.250. The molecule has 11 heteroatoms. The average Bonchev–Trinajstić information content (AvgIpc) is 3.02. The van der Waals surface area contributed by atoms with Gasteiger partial charge in [-0.05, 0) is 0 Å². The molecular formula is C11H18N6O2S3. The van der Waals surface area contributed by atoms with Gasteiger partial charge in [-0.25, -0.2) is 4.98 Å². The van der Waals surface area contributed by atoms with Gasteiger partial charge in [-0.1, -0.05) is 0 Å². The van der Waals surface area contributed by atoms with Crippen molar-refractivity contribution in [3.63, 3.8) is 0 Å². The van der Waals surface area contributed by atoms with Crippen molar-refractivity contribution in [2.45, 2.75) is 5.75 Å². The molecule has 22 heavy (non-hydrogen) atoms. The van der Waals surface area contributed by atoms with E-state index < -0.39 is 10.2 Å². The number of thiazole rings is 1. The Kier molecular flexibility index (Phi) is 5.64. The van der Waals surface area contributed by atoms with Crippen LogP contribution in [0.4, 0.5) is 5.13 Å². The van der Waals surface area contributed by atoms with Crippen LogP contribution in [0.15, 0.2) is 14.2 Å². The maximum Gasteiger partial charge on any atom is 0.367 e. The van der Waals surface area contributed by atoms with Crippen molar-refractivity contribution in [3.05, 3.63) is 11.1 Å². The fourth-order valence-electron chi connectivity index (χ4n) is 1.60. The Hall–Kier alpha value is -1.33. The predicted molar refractivity (Wildman–Crippen MR) is 93.5 cm³/mol. The van der Waals surface area contributed by atoms with E-state index in [0.717, 1.165) is 22.3 Å². The van der Waals surface area contributed by atoms with Gasteiger partial charge in [0.05, 0.1) is 5.69 Å². The van der Waals surface area contributed by atoms with E-state index in [9.17, 15) is 8.42 Å². The van der Waals surface area contributed by atoms with E-state index in [2.05, 4.69) is 29.8 Å². The van der Waals surface area contributed by atoms with Gasteiger partial charge >= 0.3 is 10.2 Å². The Balaban J connectivity index is 1.73. The first-order valence-electron chi connectivity index (χ1n) is 6.47. The molecule has 1 aromatic rings. The third kappa shape index (κ3) is 4.58. The molecule has 0 bridgehead atoms. The summed E-state index contributed by atoms with van der Waals surface area (Å²) >= 11 is 3.34. The van der Waals surface area contributed by atoms with Crippen LogP contribution in [-0.2, 0) is 16.0 Å². The summed E-state index contributed by atoms with van der Waals surface area (Å²) in [6.45, 7) is 0.602. The van der Waals surface area contributed by atoms with E-state index in [1.165, 1.54) is 0 Å². The van der Waals surface area contributed by atoms with Gasteiger partial charge in [0.1, 0.15) is 0 Å². The molecule has 2 N–H and O–H groups in total. The van der Waals surface area contributed by atoms with Crippen molar-refractivity contribution in [2.24, 2.45) is 8.80 Å². The molecule has 0 amide bonds. The molecule has 0 aromatic carbocycles. The van der Waals surface area contributed by atoms with E-state index in [4.69, 9.17) is 0 Å². The Bertz CT molecular complexity index is 680. The minimum atomic E-state index is -3.72. The van der Waals surface area contributed by atoms with Crippen LogP contribution in [0.1, 0.15) is 5.69 Å². The maximum absolute atomic E-state index is 11.3. The maximum atomic E-state index is 11.3. The first-order valence-corrected chi connectivity index (χ1v) is 9.91. The lowest BCUT2D eigenvalue weighted by Gasteiger charge is -2.07. The minimum Gasteiger partial charge on any atom is -0.369 e. The highest BCUT2D eigenvalue weighted by molar-refractivity contribution is 7.98. The van der Waals surface area contributed by atoms with E-state index in [1.807, 2.05) is 19.0 Å². The van der Waals surface area contributed by atoms with Crippen LogP contribution in [0.25, 0.3) is 0 Å². The quantitative estimate of drug-likeness (QED) is 0.703. The molecule has 2 heterocycles. The normalized spacial score (nSPS) is 16.1. The van der Waals surface area contributed by atoms with E-state index in [-0.39, 0.29) is 11.7 Å². The summed E-state index contributed by atoms with van der Waals surface area (Å²) in [7, 11) is 1.83. The average molecular weight is 363 g/mol. The van der Waals surface area contributed by atoms with Crippen molar-refractivity contribution in [2.75, 3.05) is 38.3 Å². The van der Waals surface area contributed by atoms with Crippen molar-refractivity contribution < 1.29 is 8.42 Å². The summed E-state index contributed by atoms with van der Waals surface area (Å²) in [6.07, 6.45) is 0. The Morgan fingerprint density at radius 3 is 2.68 bits per heavy atom. The monoisotopic (exact) mass is 362 g/mol. The molecule has 0 fully saturated rings. The second kappa shape index (κ2) is 7.29. The molecule has 2 rings (SSSR count). The number of rotatable bonds is 6. The Morgan fingerprint density at radius 1 is 1.32 bits per heavy atom. The SMILES string of the molecule is CNC1=NS(=O)(=O)N=C1NCCSCc1csc(N(C)C)n1. The molecule has 0 atom stereocenters. The molecule has 1 aliphatic heterocycles. The van der Waals surface area contributed by atoms with Crippen LogP contribution < -0.4 is 15.5 Å². The molecular weight excluding hydrogens is 344 g/mol. The summed E-state index contributed by atoms with van der Waals surface area (Å²) in [4.78, 5) is 6.48. The summed E-state index contributed by atoms with van der Waals surface area (Å²) in [5.74, 6) is 2.15. The van der Waals surface area contributed by atoms with Gasteiger partial charge in [0.25, 0.3) is 0 Å². The van der Waals surface area contributed by atoms with E-state index in [1.54, 1.807) is 30.1 Å². The largest absolute Gasteiger partial charge is 0.369 e. The Labute approximate surface area is 138 Å². The first-order chi connectivity index (χ1) is 10.4. The van der Waals surface area contributed by atoms with Crippen molar-refractivity contribution in [3.8, 4) is 0 Å². The van der Waals surface area contributed by atoms with Crippen LogP contribution >= 0.6 is 23.1 Å². The van der Waals surface area contributed by atoms with Crippen molar-refractivity contribution >= 4 is 50.1 Å². The van der Waals surface area contributed by atoms with Gasteiger partial charge < -0.3 is 15.5 Å². The van der Waals surface area contributed by atoms with Crippen molar-refractivity contribution in [1.29, 1.82) is 0 Å². The summed E-state index contributed by atoms with van der Waals surface area (Å²) in [5, 5.41) is 8.73. The summed E-state index contributed by atoms with van der Waals surface area (Å²) < 4.78 is 29.6. The highest BCUT2D eigenvalue weighted by Crippen LogP contribution is 2.21. The van der Waals surface area contributed by atoms with Gasteiger partial charge in [-0.2, -0.15) is 20.2 Å². The summed E-state index contributed by atoms with van der Waals surface area (Å²) in [5.41, 5.74) is 1.05. The van der Waals surface area contributed by atoms with Crippen LogP contribution in [-0.4, -0.2) is 58.5 Å². The van der Waals surface area contributed by atoms with Crippen LogP contribution in [0.3, 0.4) is 0 Å². The van der Waals surface area contributed by atoms with Gasteiger partial charge in [-0.3, -0.25) is 0 Å². The third-order valence-corrected chi connectivity index (χ3v) is 5.46. The van der Waals surface area contributed by atoms with Crippen LogP contribution in [0.2, 0.25) is 0 Å². The Morgan fingerprint density at radius 2 is 2.05 bits per heavy atom. The molecule has 1 aromatic heterocycles. The zero-order chi connectivity index (χ0) is 16.2. The highest BCUT2D eigenvalue weighted by atomic mass is 32.2. The number of amidine groups is 2. The van der Waals surface area contributed by atoms with E-state index >= 15 is 0 Å². The predicted octanol–water partition coefficient (Wildman–Crippen LogP) is 0.307. The number of hydrogen-bond acceptors (Lipinski definition) is 8. The smallest absolute Gasteiger partial charge is 0.367 e. The zero-order valence-corrected chi connectivity index (χ0v) is 15.0. The lowest BCUT2D eigenvalue weighted by atomic mass is 10.5. The second-order valence-electron chi connectivity index (χ2n) is 4.57. The van der Waals surface area contributed by atoms with E-state index in [0.29, 0.717) is 6.54 Å². The van der Waals surface area contributed by atoms with Crippen LogP contribution in [0.5, 0.6) is 0 Å². The third-order valence-electron chi connectivity index (χ3n) is 2.59. The van der Waals surface area contributed by atoms with Crippen LogP contribution in [0, 0.1) is 0 Å². The lowest BCUT2D eigenvalue weighted by Crippen LogP contribution is -2.37. The fourth-order valence-corrected chi connectivity index (χ4v) is 4.05. The molecule has 0 saturated heterocycles. The summed E-state index contributed by atoms with van der Waals surface area (Å²) in [6, 6.07) is 0. The lowest BCUT2D eigenvalue weighted by molar-refractivity contribution is 0.600. The topological polar surface area (TPSA) is 99.0 Å². The van der Waals surface area contributed by atoms with Gasteiger partial charge in [0.15, 0.2) is 16.8 Å². The number of nitrogens with one attached hydrogen (secondary N) is 2. The van der Waals surface area contributed by atoms with Gasteiger partial charge in [0, 0.05) is 44.6 Å². The second-order valence-corrected chi connectivity index (χ2v) is 7.78. The number of hydrogen-bond donors (Lipinski definition) is 2. The number of anilines is 1. The fraction of sp³-hybridized carbons (Fsp3) is 0.545. The van der Waals surface area contributed by atoms with Gasteiger partial charge in [0.2, 0.25) is 0 Å². The molecule has 0 saturated carbocycles. The molecule has 0 spiro atoms. The number of likely N-dealkylation sites (N-methyl/N-ethyl adjacent to an activating group) is 1. The highest BCUT2D eigenvalue weighted by Gasteiger charge is 2.22. The molecule has 0 aliphatic carbocycles. The number of nitrogens with zero attached hydrogens (tertiary/aromatic N) is 4. The number of aromatic nitrogens is 1. The molecule has 8 nitrogen and oxygen atoms in total. The number of thioether (sulfide) groups is 1. The molecule has 0 unspecified atom stereocenters. The molecule has 1 aliphatic rings. The standard InChI is InChI=1S/C11H18N6O2S3/c1-12-9-10(16-22(18,19)15-9)13-4-5-20-6-8-7-21-11(14-8)17(2)3/h7H,4-6H2,1-3H3,(H,12,15)(H,13,16). The molecule has 122 valence electrons. The molecule has 0 radical (unpaired) electrons. The first kappa shape index (κ1) is 17.0. The van der Waals surface area contributed by atoms with Gasteiger partial charge in [-0.15, -0.1) is 20.1 Å². The zero-order valence-electron chi connectivity index (χ0n) is 12.5. The van der Waals surface area contributed by atoms with Crippen molar-refractivity contribution in [1.82, 2.24) is 15.6 Å².